The van der Waals surface area contributed by atoms with Crippen molar-refractivity contribution in [1.82, 2.24) is 4.98 Å². The minimum absolute atomic E-state index is 1.12. The quantitative estimate of drug-likeness (QED) is 0.516. The first kappa shape index (κ1) is 10.7. The molecule has 17 heavy (non-hydrogen) atoms. The zero-order valence-electron chi connectivity index (χ0n) is 9.95. The van der Waals surface area contributed by atoms with Crippen LogP contribution in [0.3, 0.4) is 0 Å². The summed E-state index contributed by atoms with van der Waals surface area (Å²) in [6, 6.07) is 8.57. The lowest BCUT2D eigenvalue weighted by molar-refractivity contribution is -0.502. The molecule has 2 N–H and O–H groups in total. The number of nitrogens with two attached hydrogens (primary N) is 1. The molecule has 0 aliphatic carbocycles. The van der Waals surface area contributed by atoms with E-state index in [-0.39, 0.29) is 0 Å². The van der Waals surface area contributed by atoms with Crippen molar-refractivity contribution in [3.05, 3.63) is 41.9 Å². The summed E-state index contributed by atoms with van der Waals surface area (Å²) in [6.07, 6.45) is 0. The standard InChI is InChI=1S/C14H14N2S/c1-8-5-4-6-10-11(15-3)7-12-14(13(8)10)16-9(2)17-12/h4-7H,3,15H2,1-2H3. The number of hydrogen-bond donors (Lipinski definition) is 1. The van der Waals surface area contributed by atoms with E-state index in [1.807, 2.05) is 5.32 Å². The van der Waals surface area contributed by atoms with Crippen LogP contribution in [0, 0.1) is 20.9 Å². The minimum Gasteiger partial charge on any atom is -0.445 e. The number of rotatable bonds is 1. The molecule has 3 heteroatoms. The van der Waals surface area contributed by atoms with E-state index in [1.165, 1.54) is 26.7 Å². The van der Waals surface area contributed by atoms with E-state index >= 15 is 0 Å². The molecule has 0 saturated heterocycles. The summed E-state index contributed by atoms with van der Waals surface area (Å²) in [6.45, 7) is 4.20. The van der Waals surface area contributed by atoms with Crippen LogP contribution < -0.4 is 5.32 Å². The number of aromatic nitrogens is 1. The van der Waals surface area contributed by atoms with Gasteiger partial charge in [0, 0.05) is 16.8 Å². The molecule has 0 amide bonds. The monoisotopic (exact) mass is 242 g/mol. The van der Waals surface area contributed by atoms with E-state index in [4.69, 9.17) is 0 Å². The van der Waals surface area contributed by atoms with Gasteiger partial charge in [0.05, 0.1) is 15.2 Å². The third-order valence-corrected chi connectivity index (χ3v) is 4.01. The lowest BCUT2D eigenvalue weighted by Gasteiger charge is -2.08. The van der Waals surface area contributed by atoms with Crippen molar-refractivity contribution in [2.45, 2.75) is 13.8 Å². The number of thiazole rings is 1. The van der Waals surface area contributed by atoms with Gasteiger partial charge in [-0.2, -0.15) is 0 Å². The van der Waals surface area contributed by atoms with E-state index < -0.39 is 0 Å². The zero-order chi connectivity index (χ0) is 12.0. The van der Waals surface area contributed by atoms with Crippen LogP contribution in [0.5, 0.6) is 0 Å². The Morgan fingerprint density at radius 3 is 2.88 bits per heavy atom. The highest BCUT2D eigenvalue weighted by Gasteiger charge is 2.12. The molecule has 86 valence electrons. The second-order valence-electron chi connectivity index (χ2n) is 4.25. The number of hydrogen-bond acceptors (Lipinski definition) is 2. The average Bonchev–Trinajstić information content (AvgIpc) is 2.68. The maximum absolute atomic E-state index is 4.66. The Balaban J connectivity index is 2.60. The van der Waals surface area contributed by atoms with Crippen LogP contribution in [0.1, 0.15) is 10.6 Å². The van der Waals surface area contributed by atoms with E-state index in [2.05, 4.69) is 50.1 Å². The summed E-state index contributed by atoms with van der Waals surface area (Å²) in [5.74, 6) is 0. The van der Waals surface area contributed by atoms with Crippen molar-refractivity contribution in [3.63, 3.8) is 0 Å². The zero-order valence-corrected chi connectivity index (χ0v) is 10.8. The molecule has 0 unspecified atom stereocenters. The maximum Gasteiger partial charge on any atom is 0.112 e. The van der Waals surface area contributed by atoms with Gasteiger partial charge in [-0.1, -0.05) is 12.1 Å². The van der Waals surface area contributed by atoms with Gasteiger partial charge in [0.1, 0.15) is 5.69 Å². The number of nitrogens with zero attached hydrogens (tertiary/aromatic N) is 1. The van der Waals surface area contributed by atoms with Crippen LogP contribution in [0.4, 0.5) is 5.69 Å². The van der Waals surface area contributed by atoms with Crippen LogP contribution in [-0.2, 0) is 0 Å². The predicted molar refractivity (Wildman–Crippen MR) is 73.5 cm³/mol. The van der Waals surface area contributed by atoms with Gasteiger partial charge in [0.25, 0.3) is 0 Å². The molecule has 2 nitrogen and oxygen atoms in total. The molecule has 0 saturated carbocycles. The van der Waals surface area contributed by atoms with Crippen LogP contribution in [0.2, 0.25) is 0 Å². The summed E-state index contributed by atoms with van der Waals surface area (Å²) >= 11 is 1.75. The highest BCUT2D eigenvalue weighted by atomic mass is 32.1. The third kappa shape index (κ3) is 1.54. The van der Waals surface area contributed by atoms with Gasteiger partial charge >= 0.3 is 0 Å². The molecule has 2 aromatic carbocycles. The fraction of sp³-hybridized carbons (Fsp3) is 0.143. The number of quaternary nitrogens is 1. The fourth-order valence-electron chi connectivity index (χ4n) is 2.33. The first-order chi connectivity index (χ1) is 8.20. The first-order valence-corrected chi connectivity index (χ1v) is 6.44. The Morgan fingerprint density at radius 2 is 2.12 bits per heavy atom. The molecule has 0 bridgehead atoms. The van der Waals surface area contributed by atoms with Gasteiger partial charge in [0.15, 0.2) is 0 Å². The Kier molecular flexibility index (Phi) is 2.38. The van der Waals surface area contributed by atoms with Crippen molar-refractivity contribution in [2.24, 2.45) is 0 Å². The molecule has 0 aliphatic rings. The van der Waals surface area contributed by atoms with Crippen LogP contribution in [0.15, 0.2) is 24.3 Å². The van der Waals surface area contributed by atoms with E-state index in [0.717, 1.165) is 10.5 Å². The lowest BCUT2D eigenvalue weighted by Crippen LogP contribution is -2.69. The minimum atomic E-state index is 1.12. The van der Waals surface area contributed by atoms with Gasteiger partial charge in [0.2, 0.25) is 0 Å². The Morgan fingerprint density at radius 1 is 1.29 bits per heavy atom. The summed E-state index contributed by atoms with van der Waals surface area (Å²) in [5, 5.41) is 5.56. The summed E-state index contributed by atoms with van der Waals surface area (Å²) < 4.78 is 1.25. The van der Waals surface area contributed by atoms with Crippen LogP contribution in [0.25, 0.3) is 21.0 Å². The SMILES string of the molecule is [CH2-][NH2+]c1cc2sc(C)nc2c2c(C)cccc12. The molecule has 1 aromatic heterocycles. The van der Waals surface area contributed by atoms with Gasteiger partial charge in [-0.15, -0.1) is 18.4 Å². The van der Waals surface area contributed by atoms with Crippen molar-refractivity contribution in [1.29, 1.82) is 0 Å². The number of aryl methyl sites for hydroxylation is 2. The largest absolute Gasteiger partial charge is 0.445 e. The fourth-order valence-corrected chi connectivity index (χ4v) is 3.22. The molecule has 0 fully saturated rings. The molecular weight excluding hydrogens is 228 g/mol. The smallest absolute Gasteiger partial charge is 0.112 e. The lowest BCUT2D eigenvalue weighted by atomic mass is 10.0. The normalized spacial score (nSPS) is 11.5. The number of benzene rings is 2. The van der Waals surface area contributed by atoms with E-state index in [9.17, 15) is 0 Å². The van der Waals surface area contributed by atoms with Crippen molar-refractivity contribution >= 4 is 38.0 Å². The summed E-state index contributed by atoms with van der Waals surface area (Å²) in [5.41, 5.74) is 3.60. The van der Waals surface area contributed by atoms with Crippen LogP contribution in [-0.4, -0.2) is 4.98 Å². The molecule has 3 rings (SSSR count). The molecule has 0 atom stereocenters. The van der Waals surface area contributed by atoms with Gasteiger partial charge in [-0.3, -0.25) is 0 Å². The molecular formula is C14H14N2S. The second-order valence-corrected chi connectivity index (χ2v) is 5.48. The van der Waals surface area contributed by atoms with Crippen molar-refractivity contribution in [3.8, 4) is 0 Å². The number of fused-ring (bicyclic) bond motifs is 3. The Hall–Kier alpha value is -1.45. The van der Waals surface area contributed by atoms with E-state index in [0.29, 0.717) is 0 Å². The maximum atomic E-state index is 4.66. The van der Waals surface area contributed by atoms with Crippen molar-refractivity contribution < 1.29 is 5.32 Å². The topological polar surface area (TPSA) is 29.5 Å². The third-order valence-electron chi connectivity index (χ3n) is 3.09. The summed E-state index contributed by atoms with van der Waals surface area (Å²) in [4.78, 5) is 4.66. The van der Waals surface area contributed by atoms with Gasteiger partial charge in [-0.25, -0.2) is 4.98 Å². The molecule has 0 radical (unpaired) electrons. The molecule has 0 aliphatic heterocycles. The highest BCUT2D eigenvalue weighted by Crippen LogP contribution is 2.34. The van der Waals surface area contributed by atoms with Crippen LogP contribution >= 0.6 is 11.3 Å². The van der Waals surface area contributed by atoms with Gasteiger partial charge in [-0.05, 0) is 25.5 Å². The molecule has 3 aromatic rings. The predicted octanol–water partition coefficient (Wildman–Crippen LogP) is 3.05. The second kappa shape index (κ2) is 3.79. The average molecular weight is 242 g/mol. The van der Waals surface area contributed by atoms with Crippen molar-refractivity contribution in [2.75, 3.05) is 0 Å². The highest BCUT2D eigenvalue weighted by molar-refractivity contribution is 7.18. The Bertz CT molecular complexity index is 713. The first-order valence-electron chi connectivity index (χ1n) is 5.62. The molecule has 1 heterocycles. The van der Waals surface area contributed by atoms with Gasteiger partial charge < -0.3 is 5.32 Å². The molecule has 0 spiro atoms. The summed E-state index contributed by atoms with van der Waals surface area (Å²) in [7, 11) is 3.91. The van der Waals surface area contributed by atoms with E-state index in [1.54, 1.807) is 11.3 Å². The Labute approximate surface area is 104 Å².